The zero-order valence-electron chi connectivity index (χ0n) is 15.1. The largest absolute Gasteiger partial charge is 0.457 e. The maximum Gasteiger partial charge on any atom is 0.258 e. The molecule has 0 saturated carbocycles. The lowest BCUT2D eigenvalue weighted by Crippen LogP contribution is -2.42. The SMILES string of the molecule is CS(=O)(=O)c1ccc(Oc2cccc(C(O)(C(N)=O)c3ccccc3)c2)cc1. The highest BCUT2D eigenvalue weighted by Gasteiger charge is 2.38. The van der Waals surface area contributed by atoms with Gasteiger partial charge in [0.15, 0.2) is 15.4 Å². The third kappa shape index (κ3) is 3.90. The third-order valence-electron chi connectivity index (χ3n) is 4.29. The molecule has 0 aliphatic heterocycles. The molecule has 0 heterocycles. The highest BCUT2D eigenvalue weighted by atomic mass is 32.2. The van der Waals surface area contributed by atoms with E-state index in [4.69, 9.17) is 10.5 Å². The van der Waals surface area contributed by atoms with Crippen LogP contribution in [-0.4, -0.2) is 25.7 Å². The van der Waals surface area contributed by atoms with E-state index in [-0.39, 0.29) is 10.5 Å². The number of nitrogens with two attached hydrogens (primary N) is 1. The molecular formula is C21H19NO5S. The van der Waals surface area contributed by atoms with Gasteiger partial charge in [-0.05, 0) is 42.0 Å². The van der Waals surface area contributed by atoms with Crippen molar-refractivity contribution in [2.24, 2.45) is 5.73 Å². The van der Waals surface area contributed by atoms with Gasteiger partial charge >= 0.3 is 0 Å². The summed E-state index contributed by atoms with van der Waals surface area (Å²) in [6, 6.07) is 20.7. The van der Waals surface area contributed by atoms with Crippen molar-refractivity contribution < 1.29 is 23.1 Å². The van der Waals surface area contributed by atoms with Gasteiger partial charge in [0.1, 0.15) is 11.5 Å². The number of benzene rings is 3. The molecule has 3 N–H and O–H groups in total. The van der Waals surface area contributed by atoms with Gasteiger partial charge in [0, 0.05) is 11.8 Å². The van der Waals surface area contributed by atoms with Crippen LogP contribution >= 0.6 is 0 Å². The Kier molecular flexibility index (Phi) is 5.22. The average Bonchev–Trinajstić information content (AvgIpc) is 2.68. The van der Waals surface area contributed by atoms with Crippen molar-refractivity contribution in [3.05, 3.63) is 90.0 Å². The summed E-state index contributed by atoms with van der Waals surface area (Å²) in [4.78, 5) is 12.3. The highest BCUT2D eigenvalue weighted by molar-refractivity contribution is 7.90. The molecule has 0 spiro atoms. The number of ether oxygens (including phenoxy) is 1. The molecule has 3 aromatic carbocycles. The van der Waals surface area contributed by atoms with Crippen molar-refractivity contribution in [3.8, 4) is 11.5 Å². The first-order chi connectivity index (χ1) is 13.2. The van der Waals surface area contributed by atoms with Crippen LogP contribution in [0.5, 0.6) is 11.5 Å². The minimum atomic E-state index is -3.30. The van der Waals surface area contributed by atoms with Gasteiger partial charge in [-0.2, -0.15) is 0 Å². The van der Waals surface area contributed by atoms with Gasteiger partial charge < -0.3 is 15.6 Å². The first kappa shape index (κ1) is 19.6. The first-order valence-electron chi connectivity index (χ1n) is 8.37. The van der Waals surface area contributed by atoms with Crippen molar-refractivity contribution in [1.82, 2.24) is 0 Å². The van der Waals surface area contributed by atoms with E-state index in [0.29, 0.717) is 17.1 Å². The van der Waals surface area contributed by atoms with Gasteiger partial charge in [-0.3, -0.25) is 4.79 Å². The lowest BCUT2D eigenvalue weighted by molar-refractivity contribution is -0.133. The Balaban J connectivity index is 1.94. The predicted octanol–water partition coefficient (Wildman–Crippen LogP) is 2.60. The van der Waals surface area contributed by atoms with Gasteiger partial charge in [0.25, 0.3) is 5.91 Å². The molecule has 3 aromatic rings. The van der Waals surface area contributed by atoms with Gasteiger partial charge in [-0.15, -0.1) is 0 Å². The fourth-order valence-electron chi connectivity index (χ4n) is 2.81. The summed E-state index contributed by atoms with van der Waals surface area (Å²) in [5, 5.41) is 11.1. The lowest BCUT2D eigenvalue weighted by Gasteiger charge is -2.26. The van der Waals surface area contributed by atoms with Gasteiger partial charge in [0.2, 0.25) is 0 Å². The zero-order chi connectivity index (χ0) is 20.4. The number of primary amides is 1. The Morgan fingerprint density at radius 1 is 0.893 bits per heavy atom. The van der Waals surface area contributed by atoms with Gasteiger partial charge in [-0.25, -0.2) is 8.42 Å². The van der Waals surface area contributed by atoms with E-state index in [9.17, 15) is 18.3 Å². The summed E-state index contributed by atoms with van der Waals surface area (Å²) in [5.41, 5.74) is 4.10. The number of amides is 1. The monoisotopic (exact) mass is 397 g/mol. The number of aliphatic hydroxyl groups is 1. The molecule has 28 heavy (non-hydrogen) atoms. The van der Waals surface area contributed by atoms with E-state index in [0.717, 1.165) is 6.26 Å². The number of carbonyl (C=O) groups excluding carboxylic acids is 1. The van der Waals surface area contributed by atoms with Crippen molar-refractivity contribution in [3.63, 3.8) is 0 Å². The molecule has 0 aliphatic carbocycles. The second kappa shape index (κ2) is 7.46. The second-order valence-electron chi connectivity index (χ2n) is 6.31. The van der Waals surface area contributed by atoms with E-state index in [1.807, 2.05) is 0 Å². The Hall–Kier alpha value is -3.16. The summed E-state index contributed by atoms with van der Waals surface area (Å²) in [7, 11) is -3.30. The molecular weight excluding hydrogens is 378 g/mol. The van der Waals surface area contributed by atoms with E-state index >= 15 is 0 Å². The average molecular weight is 397 g/mol. The van der Waals surface area contributed by atoms with Crippen LogP contribution in [0.3, 0.4) is 0 Å². The number of hydrogen-bond donors (Lipinski definition) is 2. The summed E-state index contributed by atoms with van der Waals surface area (Å²) < 4.78 is 28.8. The zero-order valence-corrected chi connectivity index (χ0v) is 15.9. The summed E-state index contributed by atoms with van der Waals surface area (Å²) in [6.07, 6.45) is 1.13. The molecule has 0 saturated heterocycles. The maximum absolute atomic E-state index is 12.1. The number of sulfone groups is 1. The summed E-state index contributed by atoms with van der Waals surface area (Å²) in [5.74, 6) is -0.138. The van der Waals surface area contributed by atoms with Crippen LogP contribution < -0.4 is 10.5 Å². The summed E-state index contributed by atoms with van der Waals surface area (Å²) in [6.45, 7) is 0. The highest BCUT2D eigenvalue weighted by Crippen LogP contribution is 2.33. The quantitative estimate of drug-likeness (QED) is 0.665. The van der Waals surface area contributed by atoms with E-state index < -0.39 is 21.3 Å². The van der Waals surface area contributed by atoms with Crippen molar-refractivity contribution >= 4 is 15.7 Å². The van der Waals surface area contributed by atoms with E-state index in [1.54, 1.807) is 48.5 Å². The fraction of sp³-hybridized carbons (Fsp3) is 0.0952. The second-order valence-corrected chi connectivity index (χ2v) is 8.33. The van der Waals surface area contributed by atoms with Gasteiger partial charge in [0.05, 0.1) is 4.90 Å². The normalized spacial score (nSPS) is 13.5. The lowest BCUT2D eigenvalue weighted by atomic mass is 9.85. The van der Waals surface area contributed by atoms with Crippen molar-refractivity contribution in [1.29, 1.82) is 0 Å². The standard InChI is InChI=1S/C21H19NO5S/c1-28(25,26)19-12-10-17(11-13-19)27-18-9-5-8-16(14-18)21(24,20(22)23)15-6-3-2-4-7-15/h2-14,24H,1H3,(H2,22,23). The molecule has 144 valence electrons. The molecule has 3 rings (SSSR count). The smallest absolute Gasteiger partial charge is 0.258 e. The molecule has 6 nitrogen and oxygen atoms in total. The van der Waals surface area contributed by atoms with Crippen LogP contribution in [0.15, 0.2) is 83.8 Å². The Morgan fingerprint density at radius 3 is 2.07 bits per heavy atom. The molecule has 7 heteroatoms. The molecule has 0 fully saturated rings. The number of rotatable bonds is 6. The minimum absolute atomic E-state index is 0.181. The molecule has 0 aliphatic rings. The summed E-state index contributed by atoms with van der Waals surface area (Å²) >= 11 is 0. The molecule has 0 radical (unpaired) electrons. The van der Waals surface area contributed by atoms with E-state index in [1.165, 1.54) is 30.3 Å². The van der Waals surface area contributed by atoms with Crippen LogP contribution in [-0.2, 0) is 20.2 Å². The van der Waals surface area contributed by atoms with Crippen molar-refractivity contribution in [2.45, 2.75) is 10.5 Å². The van der Waals surface area contributed by atoms with Gasteiger partial charge in [-0.1, -0.05) is 42.5 Å². The fourth-order valence-corrected chi connectivity index (χ4v) is 3.44. The molecule has 1 unspecified atom stereocenters. The first-order valence-corrected chi connectivity index (χ1v) is 10.3. The van der Waals surface area contributed by atoms with Crippen LogP contribution in [0.25, 0.3) is 0 Å². The minimum Gasteiger partial charge on any atom is -0.457 e. The Morgan fingerprint density at radius 2 is 1.50 bits per heavy atom. The van der Waals surface area contributed by atoms with Crippen LogP contribution in [0.4, 0.5) is 0 Å². The maximum atomic E-state index is 12.1. The predicted molar refractivity (Wildman–Crippen MR) is 105 cm³/mol. The van der Waals surface area contributed by atoms with E-state index in [2.05, 4.69) is 0 Å². The Labute approximate surface area is 163 Å². The Bertz CT molecular complexity index is 1100. The number of carbonyl (C=O) groups is 1. The van der Waals surface area contributed by atoms with Crippen LogP contribution in [0.1, 0.15) is 11.1 Å². The molecule has 0 bridgehead atoms. The number of hydrogen-bond acceptors (Lipinski definition) is 5. The van der Waals surface area contributed by atoms with Crippen LogP contribution in [0.2, 0.25) is 0 Å². The van der Waals surface area contributed by atoms with Crippen molar-refractivity contribution in [2.75, 3.05) is 6.26 Å². The van der Waals surface area contributed by atoms with Crippen LogP contribution in [0, 0.1) is 0 Å². The molecule has 1 atom stereocenters. The topological polar surface area (TPSA) is 107 Å². The molecule has 1 amide bonds. The molecule has 0 aromatic heterocycles. The third-order valence-corrected chi connectivity index (χ3v) is 5.42.